The highest BCUT2D eigenvalue weighted by molar-refractivity contribution is 9.10. The molecule has 1 aromatic carbocycles. The van der Waals surface area contributed by atoms with Gasteiger partial charge in [0.1, 0.15) is 5.75 Å². The van der Waals surface area contributed by atoms with Crippen molar-refractivity contribution in [3.05, 3.63) is 75.2 Å². The molecule has 31 heavy (non-hydrogen) atoms. The first kappa shape index (κ1) is 21.7. The number of ether oxygens (including phenoxy) is 1. The van der Waals surface area contributed by atoms with Crippen LogP contribution in [0.1, 0.15) is 29.1 Å². The Hall–Kier alpha value is -2.49. The number of para-hydroxylation sites is 2. The molecule has 3 heterocycles. The number of hydrogen-bond acceptors (Lipinski definition) is 5. The largest absolute Gasteiger partial charge is 0.495 e. The molecular weight excluding hydrogens is 496 g/mol. The number of methoxy groups -OCH3 is 1. The highest BCUT2D eigenvalue weighted by Gasteiger charge is 2.40. The fourth-order valence-electron chi connectivity index (χ4n) is 3.62. The van der Waals surface area contributed by atoms with Crippen LogP contribution in [0.2, 0.25) is 0 Å². The molecule has 0 saturated carbocycles. The first-order valence-electron chi connectivity index (χ1n) is 9.71. The number of aromatic nitrogens is 1. The summed E-state index contributed by atoms with van der Waals surface area (Å²) in [7, 11) is 1.58. The van der Waals surface area contributed by atoms with Crippen molar-refractivity contribution < 1.29 is 9.53 Å². The second-order valence-electron chi connectivity index (χ2n) is 6.99. The third kappa shape index (κ3) is 4.89. The molecule has 2 atom stereocenters. The monoisotopic (exact) mass is 516 g/mol. The number of nitrogens with one attached hydrogen (secondary N) is 2. The number of nitrogens with zero attached hydrogens (tertiary/aromatic N) is 2. The standard InChI is InChI=1S/C22H21BrN4O2S2/c1-29-17-8-3-2-6-15(17)25-19(28)9-11-27-21(18-12-14(23)13-31-18)20(26-22(27)30)16-7-4-5-10-24-16/h2-8,10,12-13,20-21H,9,11H2,1H3,(H,25,28)(H,26,30)/t20-,21+/m1/s1. The predicted molar refractivity (Wildman–Crippen MR) is 130 cm³/mol. The Kier molecular flexibility index (Phi) is 6.84. The minimum Gasteiger partial charge on any atom is -0.495 e. The van der Waals surface area contributed by atoms with E-state index in [9.17, 15) is 4.79 Å². The number of halogens is 1. The van der Waals surface area contributed by atoms with Gasteiger partial charge < -0.3 is 20.3 Å². The summed E-state index contributed by atoms with van der Waals surface area (Å²) in [5, 5.41) is 9.01. The lowest BCUT2D eigenvalue weighted by molar-refractivity contribution is -0.116. The van der Waals surface area contributed by atoms with E-state index in [0.29, 0.717) is 23.1 Å². The van der Waals surface area contributed by atoms with Gasteiger partial charge in [-0.3, -0.25) is 9.78 Å². The van der Waals surface area contributed by atoms with Crippen molar-refractivity contribution in [1.82, 2.24) is 15.2 Å². The van der Waals surface area contributed by atoms with Gasteiger partial charge in [-0.15, -0.1) is 11.3 Å². The van der Waals surface area contributed by atoms with Crippen LogP contribution in [0.15, 0.2) is 64.6 Å². The van der Waals surface area contributed by atoms with Crippen LogP contribution in [0.3, 0.4) is 0 Å². The first-order valence-corrected chi connectivity index (χ1v) is 11.8. The smallest absolute Gasteiger partial charge is 0.226 e. The van der Waals surface area contributed by atoms with Gasteiger partial charge in [0.15, 0.2) is 5.11 Å². The van der Waals surface area contributed by atoms with Crippen LogP contribution < -0.4 is 15.4 Å². The Bertz CT molecular complexity index is 1080. The summed E-state index contributed by atoms with van der Waals surface area (Å²) in [6, 6.07) is 15.2. The molecule has 9 heteroatoms. The van der Waals surface area contributed by atoms with Crippen LogP contribution in [0.4, 0.5) is 5.69 Å². The maximum Gasteiger partial charge on any atom is 0.226 e. The average Bonchev–Trinajstić information content (AvgIpc) is 3.35. The Morgan fingerprint density at radius 3 is 2.84 bits per heavy atom. The number of hydrogen-bond donors (Lipinski definition) is 2. The Balaban J connectivity index is 1.52. The van der Waals surface area contributed by atoms with Crippen molar-refractivity contribution in [3.8, 4) is 5.75 Å². The van der Waals surface area contributed by atoms with Crippen LogP contribution in [0.25, 0.3) is 0 Å². The zero-order chi connectivity index (χ0) is 21.8. The lowest BCUT2D eigenvalue weighted by Crippen LogP contribution is -2.32. The minimum atomic E-state index is -0.0975. The van der Waals surface area contributed by atoms with Crippen molar-refractivity contribution in [2.75, 3.05) is 19.0 Å². The van der Waals surface area contributed by atoms with Gasteiger partial charge in [0, 0.05) is 33.9 Å². The summed E-state index contributed by atoms with van der Waals surface area (Å²) in [6.07, 6.45) is 2.07. The highest BCUT2D eigenvalue weighted by atomic mass is 79.9. The van der Waals surface area contributed by atoms with Gasteiger partial charge >= 0.3 is 0 Å². The zero-order valence-corrected chi connectivity index (χ0v) is 20.0. The Labute approximate surface area is 198 Å². The van der Waals surface area contributed by atoms with E-state index in [1.54, 1.807) is 24.6 Å². The molecule has 1 saturated heterocycles. The van der Waals surface area contributed by atoms with E-state index in [2.05, 4.69) is 47.9 Å². The average molecular weight is 517 g/mol. The number of rotatable bonds is 7. The van der Waals surface area contributed by atoms with E-state index in [-0.39, 0.29) is 24.4 Å². The number of carbonyl (C=O) groups is 1. The van der Waals surface area contributed by atoms with Gasteiger partial charge in [0.05, 0.1) is 30.6 Å². The van der Waals surface area contributed by atoms with Gasteiger partial charge in [0.2, 0.25) is 5.91 Å². The fraction of sp³-hybridized carbons (Fsp3) is 0.227. The van der Waals surface area contributed by atoms with Gasteiger partial charge in [0.25, 0.3) is 0 Å². The minimum absolute atomic E-state index is 0.0437. The maximum absolute atomic E-state index is 12.7. The third-order valence-electron chi connectivity index (χ3n) is 5.04. The second-order valence-corrected chi connectivity index (χ2v) is 9.23. The van der Waals surface area contributed by atoms with E-state index < -0.39 is 0 Å². The molecule has 4 rings (SSSR count). The lowest BCUT2D eigenvalue weighted by atomic mass is 10.0. The van der Waals surface area contributed by atoms with Crippen molar-refractivity contribution >= 4 is 56.2 Å². The van der Waals surface area contributed by atoms with E-state index in [1.165, 1.54) is 0 Å². The topological polar surface area (TPSA) is 66.5 Å². The number of anilines is 1. The van der Waals surface area contributed by atoms with E-state index in [0.717, 1.165) is 15.0 Å². The third-order valence-corrected chi connectivity index (χ3v) is 7.15. The van der Waals surface area contributed by atoms with Gasteiger partial charge in [-0.25, -0.2) is 0 Å². The molecule has 2 aromatic heterocycles. The molecule has 6 nitrogen and oxygen atoms in total. The summed E-state index contributed by atoms with van der Waals surface area (Å²) in [4.78, 5) is 20.4. The second kappa shape index (κ2) is 9.76. The SMILES string of the molecule is COc1ccccc1NC(=O)CCN1C(=S)N[C@H](c2ccccn2)[C@@H]1c1cc(Br)cs1. The molecule has 0 aliphatic carbocycles. The van der Waals surface area contributed by atoms with Crippen LogP contribution in [0.5, 0.6) is 5.75 Å². The zero-order valence-electron chi connectivity index (χ0n) is 16.7. The summed E-state index contributed by atoms with van der Waals surface area (Å²) in [5.74, 6) is 0.533. The maximum atomic E-state index is 12.7. The summed E-state index contributed by atoms with van der Waals surface area (Å²) in [5.41, 5.74) is 1.57. The van der Waals surface area contributed by atoms with Crippen LogP contribution in [-0.2, 0) is 4.79 Å². The van der Waals surface area contributed by atoms with Crippen LogP contribution in [0, 0.1) is 0 Å². The molecule has 1 aliphatic rings. The lowest BCUT2D eigenvalue weighted by Gasteiger charge is -2.26. The molecule has 160 valence electrons. The van der Waals surface area contributed by atoms with Gasteiger partial charge in [-0.2, -0.15) is 0 Å². The van der Waals surface area contributed by atoms with E-state index in [1.807, 2.05) is 42.5 Å². The van der Waals surface area contributed by atoms with Crippen LogP contribution in [-0.4, -0.2) is 34.6 Å². The normalized spacial score (nSPS) is 18.0. The fourth-order valence-corrected chi connectivity index (χ4v) is 5.55. The first-order chi connectivity index (χ1) is 15.1. The molecular formula is C22H21BrN4O2S2. The molecule has 0 spiro atoms. The molecule has 1 aliphatic heterocycles. The molecule has 0 radical (unpaired) electrons. The number of pyridine rings is 1. The molecule has 2 N–H and O–H groups in total. The van der Waals surface area contributed by atoms with Crippen LogP contribution >= 0.6 is 39.5 Å². The predicted octanol–water partition coefficient (Wildman–Crippen LogP) is 4.92. The molecule has 3 aromatic rings. The summed E-state index contributed by atoms with van der Waals surface area (Å²) < 4.78 is 6.34. The number of thiocarbonyl (C=S) groups is 1. The molecule has 1 fully saturated rings. The van der Waals surface area contributed by atoms with Gasteiger partial charge in [-0.1, -0.05) is 18.2 Å². The van der Waals surface area contributed by atoms with Crippen molar-refractivity contribution in [2.24, 2.45) is 0 Å². The highest BCUT2D eigenvalue weighted by Crippen LogP contribution is 2.41. The number of thiophene rings is 1. The van der Waals surface area contributed by atoms with Gasteiger partial charge in [-0.05, 0) is 58.5 Å². The van der Waals surface area contributed by atoms with Crippen molar-refractivity contribution in [3.63, 3.8) is 0 Å². The quantitative estimate of drug-likeness (QED) is 0.434. The molecule has 1 amide bonds. The molecule has 0 unspecified atom stereocenters. The van der Waals surface area contributed by atoms with Crippen molar-refractivity contribution in [2.45, 2.75) is 18.5 Å². The summed E-state index contributed by atoms with van der Waals surface area (Å²) >= 11 is 10.9. The Morgan fingerprint density at radius 1 is 1.32 bits per heavy atom. The summed E-state index contributed by atoms with van der Waals surface area (Å²) in [6.45, 7) is 0.482. The van der Waals surface area contributed by atoms with E-state index >= 15 is 0 Å². The molecule has 0 bridgehead atoms. The number of carbonyl (C=O) groups excluding carboxylic acids is 1. The number of amides is 1. The Morgan fingerprint density at radius 2 is 2.13 bits per heavy atom. The number of benzene rings is 1. The van der Waals surface area contributed by atoms with E-state index in [4.69, 9.17) is 17.0 Å². The van der Waals surface area contributed by atoms with Crippen molar-refractivity contribution in [1.29, 1.82) is 0 Å².